The molecule has 2 atom stereocenters. The number of anilines is 1. The molecule has 0 heterocycles. The number of nitrogens with one attached hydrogen (secondary N) is 1. The van der Waals surface area contributed by atoms with Gasteiger partial charge >= 0.3 is 0 Å². The first-order valence-electron chi connectivity index (χ1n) is 15.1. The molecule has 0 aliphatic carbocycles. The maximum Gasteiger partial charge on any atom is 0.264 e. The van der Waals surface area contributed by atoms with Crippen LogP contribution in [-0.2, 0) is 32.6 Å². The lowest BCUT2D eigenvalue weighted by Crippen LogP contribution is -2.54. The number of carbonyl (C=O) groups is 2. The lowest BCUT2D eigenvalue weighted by molar-refractivity contribution is -0.140. The summed E-state index contributed by atoms with van der Waals surface area (Å²) in [6.07, 6.45) is 0.860. The minimum absolute atomic E-state index is 0.0159. The topological polar surface area (TPSA) is 96.0 Å². The fourth-order valence-corrected chi connectivity index (χ4v) is 6.31. The Hall–Kier alpha value is -4.70. The molecule has 2 amide bonds. The van der Waals surface area contributed by atoms with E-state index in [1.165, 1.54) is 36.3 Å². The first-order valence-corrected chi connectivity index (χ1v) is 16.6. The molecule has 0 spiro atoms. The summed E-state index contributed by atoms with van der Waals surface area (Å²) in [7, 11) is -2.73. The van der Waals surface area contributed by atoms with Crippen LogP contribution in [0.3, 0.4) is 0 Å². The van der Waals surface area contributed by atoms with Crippen LogP contribution in [0.15, 0.2) is 108 Å². The van der Waals surface area contributed by atoms with Gasteiger partial charge in [0.25, 0.3) is 10.0 Å². The summed E-state index contributed by atoms with van der Waals surface area (Å²) < 4.78 is 48.4. The third kappa shape index (κ3) is 8.72. The van der Waals surface area contributed by atoms with Gasteiger partial charge in [0.15, 0.2) is 0 Å². The van der Waals surface area contributed by atoms with Crippen LogP contribution < -0.4 is 14.4 Å². The molecule has 4 aromatic carbocycles. The SMILES string of the molecule is CCC(C)NC(=O)C(Cc1ccccc1)N(Cc1ccc(F)cc1)C(=O)CN(c1ccc(OC)cc1)S(=O)(=O)c1ccc(C)cc1. The average Bonchev–Trinajstić information content (AvgIpc) is 3.06. The van der Waals surface area contributed by atoms with Crippen LogP contribution in [0.1, 0.15) is 37.0 Å². The highest BCUT2D eigenvalue weighted by Crippen LogP contribution is 2.27. The van der Waals surface area contributed by atoms with E-state index in [9.17, 15) is 22.4 Å². The first-order chi connectivity index (χ1) is 22.0. The number of sulfonamides is 1. The number of amides is 2. The van der Waals surface area contributed by atoms with E-state index in [1.807, 2.05) is 51.1 Å². The Morgan fingerprint density at radius 2 is 1.50 bits per heavy atom. The molecule has 0 saturated carbocycles. The molecule has 0 aromatic heterocycles. The molecule has 4 aromatic rings. The summed E-state index contributed by atoms with van der Waals surface area (Å²) in [5, 5.41) is 3.00. The van der Waals surface area contributed by atoms with Crippen LogP contribution in [0.5, 0.6) is 5.75 Å². The van der Waals surface area contributed by atoms with Crippen LogP contribution in [-0.4, -0.2) is 50.9 Å². The Morgan fingerprint density at radius 1 is 0.870 bits per heavy atom. The number of ether oxygens (including phenoxy) is 1. The highest BCUT2D eigenvalue weighted by Gasteiger charge is 2.35. The second kappa shape index (κ2) is 15.5. The van der Waals surface area contributed by atoms with Crippen molar-refractivity contribution in [2.24, 2.45) is 0 Å². The molecular formula is C36H40FN3O5S. The predicted molar refractivity (Wildman–Crippen MR) is 177 cm³/mol. The van der Waals surface area contributed by atoms with Gasteiger partial charge in [0, 0.05) is 19.0 Å². The van der Waals surface area contributed by atoms with E-state index in [2.05, 4.69) is 5.32 Å². The van der Waals surface area contributed by atoms with E-state index in [0.29, 0.717) is 17.7 Å². The van der Waals surface area contributed by atoms with E-state index in [-0.39, 0.29) is 35.5 Å². The van der Waals surface area contributed by atoms with Gasteiger partial charge < -0.3 is 15.0 Å². The Kier molecular flexibility index (Phi) is 11.5. The lowest BCUT2D eigenvalue weighted by atomic mass is 10.0. The number of hydrogen-bond acceptors (Lipinski definition) is 5. The Labute approximate surface area is 270 Å². The van der Waals surface area contributed by atoms with Crippen molar-refractivity contribution in [3.63, 3.8) is 0 Å². The normalized spacial score (nSPS) is 12.5. The third-order valence-electron chi connectivity index (χ3n) is 7.79. The molecule has 10 heteroatoms. The summed E-state index contributed by atoms with van der Waals surface area (Å²) in [6.45, 7) is 5.04. The molecule has 0 bridgehead atoms. The number of carbonyl (C=O) groups excluding carboxylic acids is 2. The maximum absolute atomic E-state index is 14.5. The summed E-state index contributed by atoms with van der Waals surface area (Å²) >= 11 is 0. The number of halogens is 1. The van der Waals surface area contributed by atoms with E-state index in [1.54, 1.807) is 48.5 Å². The zero-order valence-corrected chi connectivity index (χ0v) is 27.3. The fourth-order valence-electron chi connectivity index (χ4n) is 4.90. The Balaban J connectivity index is 1.80. The van der Waals surface area contributed by atoms with E-state index in [0.717, 1.165) is 15.4 Å². The van der Waals surface area contributed by atoms with Crippen molar-refractivity contribution in [2.45, 2.75) is 57.1 Å². The van der Waals surface area contributed by atoms with Crippen LogP contribution in [0, 0.1) is 12.7 Å². The van der Waals surface area contributed by atoms with Crippen LogP contribution in [0.4, 0.5) is 10.1 Å². The van der Waals surface area contributed by atoms with Crippen molar-refractivity contribution < 1.29 is 27.1 Å². The minimum atomic E-state index is -4.23. The van der Waals surface area contributed by atoms with E-state index >= 15 is 0 Å². The van der Waals surface area contributed by atoms with E-state index in [4.69, 9.17) is 4.74 Å². The van der Waals surface area contributed by atoms with Gasteiger partial charge in [-0.05, 0) is 79.9 Å². The van der Waals surface area contributed by atoms with Gasteiger partial charge in [-0.2, -0.15) is 0 Å². The number of hydrogen-bond donors (Lipinski definition) is 1. The summed E-state index contributed by atoms with van der Waals surface area (Å²) in [4.78, 5) is 29.8. The molecular weight excluding hydrogens is 605 g/mol. The lowest BCUT2D eigenvalue weighted by Gasteiger charge is -2.34. The molecule has 0 radical (unpaired) electrons. The number of aryl methyl sites for hydroxylation is 1. The van der Waals surface area contributed by atoms with Crippen LogP contribution in [0.2, 0.25) is 0 Å². The molecule has 0 aliphatic rings. The van der Waals surface area contributed by atoms with Crippen molar-refractivity contribution in [1.29, 1.82) is 0 Å². The quantitative estimate of drug-likeness (QED) is 0.185. The van der Waals surface area contributed by atoms with Gasteiger partial charge in [-0.15, -0.1) is 0 Å². The van der Waals surface area contributed by atoms with Crippen molar-refractivity contribution in [2.75, 3.05) is 18.0 Å². The molecule has 1 N–H and O–H groups in total. The van der Waals surface area contributed by atoms with Gasteiger partial charge in [-0.25, -0.2) is 12.8 Å². The largest absolute Gasteiger partial charge is 0.497 e. The van der Waals surface area contributed by atoms with Gasteiger partial charge in [0.05, 0.1) is 17.7 Å². The van der Waals surface area contributed by atoms with Crippen molar-refractivity contribution in [3.05, 3.63) is 126 Å². The number of benzene rings is 4. The molecule has 242 valence electrons. The molecule has 4 rings (SSSR count). The maximum atomic E-state index is 14.5. The molecule has 0 saturated heterocycles. The summed E-state index contributed by atoms with van der Waals surface area (Å²) in [6, 6.07) is 26.6. The number of methoxy groups -OCH3 is 1. The fraction of sp³-hybridized carbons (Fsp3) is 0.278. The molecule has 0 fully saturated rings. The minimum Gasteiger partial charge on any atom is -0.497 e. The zero-order chi connectivity index (χ0) is 33.3. The van der Waals surface area contributed by atoms with Crippen LogP contribution in [0.25, 0.3) is 0 Å². The van der Waals surface area contributed by atoms with Gasteiger partial charge in [-0.1, -0.05) is 67.1 Å². The number of nitrogens with zero attached hydrogens (tertiary/aromatic N) is 2. The van der Waals surface area contributed by atoms with Crippen molar-refractivity contribution in [1.82, 2.24) is 10.2 Å². The standard InChI is InChI=1S/C36H40FN3O5S/c1-5-27(3)38-36(42)34(23-28-9-7-6-8-10-28)39(24-29-13-15-30(37)16-14-29)35(41)25-40(31-17-19-32(45-4)20-18-31)46(43,44)33-21-11-26(2)12-22-33/h6-22,27,34H,5,23-25H2,1-4H3,(H,38,42). The van der Waals surface area contributed by atoms with Gasteiger partial charge in [-0.3, -0.25) is 13.9 Å². The average molecular weight is 646 g/mol. The second-order valence-corrected chi connectivity index (χ2v) is 13.1. The van der Waals surface area contributed by atoms with E-state index < -0.39 is 34.3 Å². The third-order valence-corrected chi connectivity index (χ3v) is 9.57. The van der Waals surface area contributed by atoms with Crippen LogP contribution >= 0.6 is 0 Å². The highest BCUT2D eigenvalue weighted by atomic mass is 32.2. The summed E-state index contributed by atoms with van der Waals surface area (Å²) in [5.74, 6) is -0.890. The molecule has 8 nitrogen and oxygen atoms in total. The predicted octanol–water partition coefficient (Wildman–Crippen LogP) is 5.89. The van der Waals surface area contributed by atoms with Gasteiger partial charge in [0.1, 0.15) is 24.2 Å². The molecule has 2 unspecified atom stereocenters. The Morgan fingerprint density at radius 3 is 2.09 bits per heavy atom. The van der Waals surface area contributed by atoms with Crippen molar-refractivity contribution in [3.8, 4) is 5.75 Å². The monoisotopic (exact) mass is 645 g/mol. The smallest absolute Gasteiger partial charge is 0.264 e. The first kappa shape index (κ1) is 34.2. The Bertz CT molecular complexity index is 1700. The van der Waals surface area contributed by atoms with Gasteiger partial charge in [0.2, 0.25) is 11.8 Å². The zero-order valence-electron chi connectivity index (χ0n) is 26.5. The number of rotatable bonds is 14. The van der Waals surface area contributed by atoms with Crippen molar-refractivity contribution >= 4 is 27.5 Å². The highest BCUT2D eigenvalue weighted by molar-refractivity contribution is 7.92. The summed E-state index contributed by atoms with van der Waals surface area (Å²) in [5.41, 5.74) is 2.54. The molecule has 0 aliphatic heterocycles. The molecule has 46 heavy (non-hydrogen) atoms. The second-order valence-electron chi connectivity index (χ2n) is 11.2.